The van der Waals surface area contributed by atoms with Gasteiger partial charge in [0.15, 0.2) is 0 Å². The molecule has 0 aliphatic heterocycles. The summed E-state index contributed by atoms with van der Waals surface area (Å²) in [5.41, 5.74) is 2.74. The molecule has 122 valence electrons. The molecule has 0 saturated heterocycles. The maximum absolute atomic E-state index is 12.3. The van der Waals surface area contributed by atoms with E-state index in [1.165, 1.54) is 10.7 Å². The Labute approximate surface area is 148 Å². The SMILES string of the molecule is O=c1cc(-c2ccc(Cl)cc2)c(-c2ccc(Cl)cc2)nn1CCO. The highest BCUT2D eigenvalue weighted by atomic mass is 35.5. The molecular weight excluding hydrogens is 347 g/mol. The summed E-state index contributed by atoms with van der Waals surface area (Å²) in [6.07, 6.45) is 0. The minimum atomic E-state index is -0.272. The molecule has 2 aromatic carbocycles. The average Bonchev–Trinajstić information content (AvgIpc) is 2.58. The molecule has 4 nitrogen and oxygen atoms in total. The highest BCUT2D eigenvalue weighted by Crippen LogP contribution is 2.30. The van der Waals surface area contributed by atoms with Gasteiger partial charge in [0.25, 0.3) is 5.56 Å². The third-order valence-electron chi connectivity index (χ3n) is 3.58. The van der Waals surface area contributed by atoms with Gasteiger partial charge in [0.05, 0.1) is 18.8 Å². The average molecular weight is 361 g/mol. The number of benzene rings is 2. The van der Waals surface area contributed by atoms with Gasteiger partial charge in [-0.3, -0.25) is 4.79 Å². The minimum absolute atomic E-state index is 0.139. The second-order valence-corrected chi connectivity index (χ2v) is 6.08. The van der Waals surface area contributed by atoms with Gasteiger partial charge in [-0.05, 0) is 29.8 Å². The maximum Gasteiger partial charge on any atom is 0.267 e. The molecule has 3 aromatic rings. The van der Waals surface area contributed by atoms with Crippen LogP contribution < -0.4 is 5.56 Å². The molecule has 1 aromatic heterocycles. The first-order valence-corrected chi connectivity index (χ1v) is 8.09. The highest BCUT2D eigenvalue weighted by molar-refractivity contribution is 6.31. The molecule has 0 amide bonds. The van der Waals surface area contributed by atoms with Gasteiger partial charge < -0.3 is 5.11 Å². The maximum atomic E-state index is 12.3. The predicted octanol–water partition coefficient (Wildman–Crippen LogP) is 3.88. The minimum Gasteiger partial charge on any atom is -0.394 e. The van der Waals surface area contributed by atoms with E-state index in [9.17, 15) is 4.79 Å². The van der Waals surface area contributed by atoms with E-state index in [2.05, 4.69) is 5.10 Å². The molecule has 0 saturated carbocycles. The lowest BCUT2D eigenvalue weighted by Gasteiger charge is -2.12. The van der Waals surface area contributed by atoms with Crippen molar-refractivity contribution >= 4 is 23.2 Å². The topological polar surface area (TPSA) is 55.1 Å². The molecule has 0 aliphatic carbocycles. The van der Waals surface area contributed by atoms with Crippen molar-refractivity contribution in [2.45, 2.75) is 6.54 Å². The third-order valence-corrected chi connectivity index (χ3v) is 4.09. The zero-order chi connectivity index (χ0) is 17.1. The summed E-state index contributed by atoms with van der Waals surface area (Å²) in [5, 5.41) is 14.8. The summed E-state index contributed by atoms with van der Waals surface area (Å²) < 4.78 is 1.25. The molecule has 0 bridgehead atoms. The molecule has 0 atom stereocenters. The monoisotopic (exact) mass is 360 g/mol. The normalized spacial score (nSPS) is 10.8. The van der Waals surface area contributed by atoms with Crippen LogP contribution in [-0.2, 0) is 6.54 Å². The smallest absolute Gasteiger partial charge is 0.267 e. The molecule has 0 spiro atoms. The van der Waals surface area contributed by atoms with Crippen LogP contribution in [0.25, 0.3) is 22.4 Å². The van der Waals surface area contributed by atoms with Crippen molar-refractivity contribution in [3.63, 3.8) is 0 Å². The first kappa shape index (κ1) is 16.7. The third kappa shape index (κ3) is 3.51. The van der Waals surface area contributed by atoms with Crippen LogP contribution in [0.3, 0.4) is 0 Å². The number of nitrogens with zero attached hydrogens (tertiary/aromatic N) is 2. The van der Waals surface area contributed by atoms with Crippen LogP contribution in [0.4, 0.5) is 0 Å². The van der Waals surface area contributed by atoms with Gasteiger partial charge >= 0.3 is 0 Å². The Morgan fingerprint density at radius 2 is 1.46 bits per heavy atom. The largest absolute Gasteiger partial charge is 0.394 e. The van der Waals surface area contributed by atoms with E-state index >= 15 is 0 Å². The lowest BCUT2D eigenvalue weighted by atomic mass is 10.0. The van der Waals surface area contributed by atoms with Gasteiger partial charge in [0, 0.05) is 27.2 Å². The Kier molecular flexibility index (Phi) is 5.00. The van der Waals surface area contributed by atoms with Gasteiger partial charge in [-0.2, -0.15) is 5.10 Å². The lowest BCUT2D eigenvalue weighted by molar-refractivity contribution is 0.266. The van der Waals surface area contributed by atoms with E-state index < -0.39 is 0 Å². The van der Waals surface area contributed by atoms with E-state index in [1.807, 2.05) is 24.3 Å². The van der Waals surface area contributed by atoms with E-state index in [-0.39, 0.29) is 18.7 Å². The Bertz CT molecular complexity index is 904. The summed E-state index contributed by atoms with van der Waals surface area (Å²) in [6.45, 7) is -0.0203. The number of aromatic nitrogens is 2. The van der Waals surface area contributed by atoms with Gasteiger partial charge in [0.1, 0.15) is 0 Å². The first-order valence-electron chi connectivity index (χ1n) is 7.33. The zero-order valence-corrected chi connectivity index (χ0v) is 14.1. The first-order chi connectivity index (χ1) is 11.6. The molecule has 24 heavy (non-hydrogen) atoms. The molecule has 1 N–H and O–H groups in total. The quantitative estimate of drug-likeness (QED) is 0.767. The van der Waals surface area contributed by atoms with E-state index in [1.54, 1.807) is 24.3 Å². The number of rotatable bonds is 4. The van der Waals surface area contributed by atoms with Crippen LogP contribution in [0.15, 0.2) is 59.4 Å². The Morgan fingerprint density at radius 1 is 0.917 bits per heavy atom. The number of aliphatic hydroxyl groups is 1. The van der Waals surface area contributed by atoms with Crippen molar-refractivity contribution in [1.29, 1.82) is 0 Å². The van der Waals surface area contributed by atoms with E-state index in [0.29, 0.717) is 21.3 Å². The zero-order valence-electron chi connectivity index (χ0n) is 12.6. The predicted molar refractivity (Wildman–Crippen MR) is 96.5 cm³/mol. The van der Waals surface area contributed by atoms with Crippen molar-refractivity contribution in [2.24, 2.45) is 0 Å². The van der Waals surface area contributed by atoms with Crippen molar-refractivity contribution < 1.29 is 5.11 Å². The van der Waals surface area contributed by atoms with Crippen LogP contribution in [0.5, 0.6) is 0 Å². The van der Waals surface area contributed by atoms with E-state index in [0.717, 1.165) is 11.1 Å². The molecule has 0 radical (unpaired) electrons. The molecule has 1 heterocycles. The number of hydrogen-bond donors (Lipinski definition) is 1. The van der Waals surface area contributed by atoms with Crippen LogP contribution in [0, 0.1) is 0 Å². The van der Waals surface area contributed by atoms with Crippen molar-refractivity contribution in [1.82, 2.24) is 9.78 Å². The number of hydrogen-bond acceptors (Lipinski definition) is 3. The number of halogens is 2. The van der Waals surface area contributed by atoms with Crippen LogP contribution in [0.1, 0.15) is 0 Å². The van der Waals surface area contributed by atoms with E-state index in [4.69, 9.17) is 28.3 Å². The fraction of sp³-hybridized carbons (Fsp3) is 0.111. The van der Waals surface area contributed by atoms with Gasteiger partial charge in [0.2, 0.25) is 0 Å². The Balaban J connectivity index is 2.22. The van der Waals surface area contributed by atoms with Crippen molar-refractivity contribution in [3.8, 4) is 22.4 Å². The van der Waals surface area contributed by atoms with Gasteiger partial charge in [-0.15, -0.1) is 0 Å². The summed E-state index contributed by atoms with van der Waals surface area (Å²) >= 11 is 11.9. The fourth-order valence-electron chi connectivity index (χ4n) is 2.42. The number of aliphatic hydroxyl groups excluding tert-OH is 1. The highest BCUT2D eigenvalue weighted by Gasteiger charge is 2.13. The molecule has 0 aliphatic rings. The second kappa shape index (κ2) is 7.18. The fourth-order valence-corrected chi connectivity index (χ4v) is 2.67. The van der Waals surface area contributed by atoms with Crippen LogP contribution in [-0.4, -0.2) is 21.5 Å². The van der Waals surface area contributed by atoms with Crippen molar-refractivity contribution in [2.75, 3.05) is 6.61 Å². The molecule has 0 unspecified atom stereocenters. The molecule has 6 heteroatoms. The summed E-state index contributed by atoms with van der Waals surface area (Å²) in [5.74, 6) is 0. The summed E-state index contributed by atoms with van der Waals surface area (Å²) in [7, 11) is 0. The Hall–Kier alpha value is -2.14. The second-order valence-electron chi connectivity index (χ2n) is 5.21. The summed E-state index contributed by atoms with van der Waals surface area (Å²) in [6, 6.07) is 16.0. The van der Waals surface area contributed by atoms with Gasteiger partial charge in [-0.1, -0.05) is 47.5 Å². The molecule has 3 rings (SSSR count). The summed E-state index contributed by atoms with van der Waals surface area (Å²) in [4.78, 5) is 12.3. The standard InChI is InChI=1S/C18H14Cl2N2O2/c19-14-5-1-12(2-6-14)16-11-17(24)22(9-10-23)21-18(16)13-3-7-15(20)8-4-13/h1-8,11,23H,9-10H2. The van der Waals surface area contributed by atoms with Crippen molar-refractivity contribution in [3.05, 3.63) is 75.0 Å². The Morgan fingerprint density at radius 3 is 2.00 bits per heavy atom. The van der Waals surface area contributed by atoms with Crippen LogP contribution >= 0.6 is 23.2 Å². The molecule has 0 fully saturated rings. The van der Waals surface area contributed by atoms with Crippen LogP contribution in [0.2, 0.25) is 10.0 Å². The molecular formula is C18H14Cl2N2O2. The lowest BCUT2D eigenvalue weighted by Crippen LogP contribution is -2.24. The van der Waals surface area contributed by atoms with Gasteiger partial charge in [-0.25, -0.2) is 4.68 Å².